The SMILES string of the molecule is CCOC(=O)[C@]1(OC)CCCN1C(=O)OC(C)(C)C. The molecule has 0 aromatic carbocycles. The summed E-state index contributed by atoms with van der Waals surface area (Å²) in [5.74, 6) is -0.541. The van der Waals surface area contributed by atoms with Crippen LogP contribution in [0, 0.1) is 0 Å². The number of carbonyl (C=O) groups is 2. The van der Waals surface area contributed by atoms with Gasteiger partial charge in [0.05, 0.1) is 6.61 Å². The van der Waals surface area contributed by atoms with Crippen LogP contribution in [0.3, 0.4) is 0 Å². The van der Waals surface area contributed by atoms with Gasteiger partial charge in [-0.05, 0) is 34.1 Å². The van der Waals surface area contributed by atoms with E-state index in [1.807, 2.05) is 0 Å². The summed E-state index contributed by atoms with van der Waals surface area (Å²) in [6, 6.07) is 0. The predicted molar refractivity (Wildman–Crippen MR) is 68.5 cm³/mol. The van der Waals surface area contributed by atoms with Gasteiger partial charge in [0.15, 0.2) is 0 Å². The van der Waals surface area contributed by atoms with Crippen LogP contribution in [0.2, 0.25) is 0 Å². The highest BCUT2D eigenvalue weighted by molar-refractivity contribution is 5.85. The third-order valence-corrected chi connectivity index (χ3v) is 2.88. The Balaban J connectivity index is 2.92. The Morgan fingerprint density at radius 2 is 1.95 bits per heavy atom. The second-order valence-electron chi connectivity index (χ2n) is 5.44. The Morgan fingerprint density at radius 1 is 1.32 bits per heavy atom. The summed E-state index contributed by atoms with van der Waals surface area (Å²) >= 11 is 0. The molecule has 6 nitrogen and oxygen atoms in total. The predicted octanol–water partition coefficient (Wildman–Crippen LogP) is 1.92. The molecule has 1 aliphatic heterocycles. The Labute approximate surface area is 114 Å². The fourth-order valence-electron chi connectivity index (χ4n) is 2.10. The average Bonchev–Trinajstić information content (AvgIpc) is 2.71. The molecule has 1 fully saturated rings. The molecule has 0 aromatic heterocycles. The maximum Gasteiger partial charge on any atom is 0.413 e. The minimum atomic E-state index is -1.35. The molecule has 19 heavy (non-hydrogen) atoms. The van der Waals surface area contributed by atoms with Gasteiger partial charge in [-0.25, -0.2) is 9.59 Å². The van der Waals surface area contributed by atoms with Crippen molar-refractivity contribution in [1.29, 1.82) is 0 Å². The van der Waals surface area contributed by atoms with Gasteiger partial charge in [0.2, 0.25) is 5.72 Å². The highest BCUT2D eigenvalue weighted by Crippen LogP contribution is 2.32. The maximum absolute atomic E-state index is 12.2. The van der Waals surface area contributed by atoms with Gasteiger partial charge in [0.25, 0.3) is 0 Å². The van der Waals surface area contributed by atoms with E-state index in [-0.39, 0.29) is 6.61 Å². The summed E-state index contributed by atoms with van der Waals surface area (Å²) in [7, 11) is 1.40. The smallest absolute Gasteiger partial charge is 0.413 e. The van der Waals surface area contributed by atoms with Crippen LogP contribution in [-0.4, -0.2) is 48.5 Å². The van der Waals surface area contributed by atoms with E-state index in [4.69, 9.17) is 14.2 Å². The summed E-state index contributed by atoms with van der Waals surface area (Å²) in [5.41, 5.74) is -1.97. The Hall–Kier alpha value is -1.30. The van der Waals surface area contributed by atoms with Crippen molar-refractivity contribution < 1.29 is 23.8 Å². The van der Waals surface area contributed by atoms with Gasteiger partial charge in [-0.1, -0.05) is 0 Å². The number of hydrogen-bond donors (Lipinski definition) is 0. The average molecular weight is 273 g/mol. The zero-order valence-electron chi connectivity index (χ0n) is 12.3. The van der Waals surface area contributed by atoms with Crippen molar-refractivity contribution in [2.45, 2.75) is 51.9 Å². The van der Waals surface area contributed by atoms with E-state index in [1.165, 1.54) is 12.0 Å². The largest absolute Gasteiger partial charge is 0.462 e. The number of nitrogens with zero attached hydrogens (tertiary/aromatic N) is 1. The van der Waals surface area contributed by atoms with Crippen molar-refractivity contribution in [3.63, 3.8) is 0 Å². The molecule has 110 valence electrons. The fraction of sp³-hybridized carbons (Fsp3) is 0.846. The van der Waals surface area contributed by atoms with Crippen LogP contribution in [0.25, 0.3) is 0 Å². The molecule has 1 rings (SSSR count). The molecule has 1 heterocycles. The molecule has 1 saturated heterocycles. The fourth-order valence-corrected chi connectivity index (χ4v) is 2.10. The lowest BCUT2D eigenvalue weighted by Gasteiger charge is -2.35. The first-order chi connectivity index (χ1) is 8.77. The van der Waals surface area contributed by atoms with E-state index in [0.717, 1.165) is 0 Å². The third-order valence-electron chi connectivity index (χ3n) is 2.88. The molecule has 6 heteroatoms. The van der Waals surface area contributed by atoms with E-state index in [0.29, 0.717) is 19.4 Å². The number of hydrogen-bond acceptors (Lipinski definition) is 5. The van der Waals surface area contributed by atoms with Crippen molar-refractivity contribution in [3.05, 3.63) is 0 Å². The van der Waals surface area contributed by atoms with Gasteiger partial charge in [0, 0.05) is 20.1 Å². The van der Waals surface area contributed by atoms with Gasteiger partial charge < -0.3 is 14.2 Å². The molecule has 1 aliphatic rings. The Kier molecular flexibility index (Phi) is 4.79. The molecule has 1 atom stereocenters. The van der Waals surface area contributed by atoms with E-state index in [1.54, 1.807) is 27.7 Å². The topological polar surface area (TPSA) is 65.1 Å². The standard InChI is InChI=1S/C13H23NO5/c1-6-18-10(15)13(17-5)8-7-9-14(13)11(16)19-12(2,3)4/h6-9H2,1-5H3/t13-/m1/s1. The van der Waals surface area contributed by atoms with Gasteiger partial charge in [-0.15, -0.1) is 0 Å². The number of rotatable bonds is 3. The molecule has 0 bridgehead atoms. The lowest BCUT2D eigenvalue weighted by atomic mass is 10.1. The van der Waals surface area contributed by atoms with E-state index >= 15 is 0 Å². The van der Waals surface area contributed by atoms with Crippen molar-refractivity contribution >= 4 is 12.1 Å². The first-order valence-corrected chi connectivity index (χ1v) is 6.50. The van der Waals surface area contributed by atoms with Gasteiger partial charge in [0.1, 0.15) is 5.60 Å². The summed E-state index contributed by atoms with van der Waals surface area (Å²) < 4.78 is 15.6. The van der Waals surface area contributed by atoms with Crippen LogP contribution >= 0.6 is 0 Å². The molecule has 0 radical (unpaired) electrons. The zero-order valence-corrected chi connectivity index (χ0v) is 12.3. The quantitative estimate of drug-likeness (QED) is 0.735. The molecular formula is C13H23NO5. The minimum absolute atomic E-state index is 0.242. The number of likely N-dealkylation sites (tertiary alicyclic amines) is 1. The monoisotopic (exact) mass is 273 g/mol. The minimum Gasteiger partial charge on any atom is -0.462 e. The number of amides is 1. The molecule has 0 aliphatic carbocycles. The number of ether oxygens (including phenoxy) is 3. The first-order valence-electron chi connectivity index (χ1n) is 6.50. The maximum atomic E-state index is 12.2. The molecule has 0 spiro atoms. The van der Waals surface area contributed by atoms with Crippen LogP contribution in [0.1, 0.15) is 40.5 Å². The van der Waals surface area contributed by atoms with E-state index < -0.39 is 23.4 Å². The molecular weight excluding hydrogens is 250 g/mol. The summed E-state index contributed by atoms with van der Waals surface area (Å²) in [6.07, 6.45) is 0.535. The molecule has 0 unspecified atom stereocenters. The number of carbonyl (C=O) groups excluding carboxylic acids is 2. The second-order valence-corrected chi connectivity index (χ2v) is 5.44. The number of methoxy groups -OCH3 is 1. The van der Waals surface area contributed by atoms with Crippen LogP contribution in [0.4, 0.5) is 4.79 Å². The van der Waals surface area contributed by atoms with Crippen molar-refractivity contribution in [1.82, 2.24) is 4.90 Å². The van der Waals surface area contributed by atoms with Crippen molar-refractivity contribution in [2.24, 2.45) is 0 Å². The zero-order chi connectivity index (χ0) is 14.7. The summed E-state index contributed by atoms with van der Waals surface area (Å²) in [5, 5.41) is 0. The van der Waals surface area contributed by atoms with Crippen LogP contribution in [0.15, 0.2) is 0 Å². The second kappa shape index (κ2) is 5.77. The highest BCUT2D eigenvalue weighted by atomic mass is 16.6. The lowest BCUT2D eigenvalue weighted by molar-refractivity contribution is -0.187. The normalized spacial score (nSPS) is 23.3. The van der Waals surface area contributed by atoms with Gasteiger partial charge >= 0.3 is 12.1 Å². The molecule has 0 saturated carbocycles. The van der Waals surface area contributed by atoms with Crippen LogP contribution < -0.4 is 0 Å². The van der Waals surface area contributed by atoms with Gasteiger partial charge in [-0.2, -0.15) is 0 Å². The van der Waals surface area contributed by atoms with Crippen molar-refractivity contribution in [3.8, 4) is 0 Å². The van der Waals surface area contributed by atoms with Crippen LogP contribution in [-0.2, 0) is 19.0 Å². The number of esters is 1. The highest BCUT2D eigenvalue weighted by Gasteiger charge is 2.53. The van der Waals surface area contributed by atoms with Crippen molar-refractivity contribution in [2.75, 3.05) is 20.3 Å². The summed E-state index contributed by atoms with van der Waals surface area (Å²) in [4.78, 5) is 25.6. The summed E-state index contributed by atoms with van der Waals surface area (Å²) in [6.45, 7) is 7.71. The van der Waals surface area contributed by atoms with E-state index in [9.17, 15) is 9.59 Å². The third kappa shape index (κ3) is 3.37. The molecule has 0 N–H and O–H groups in total. The molecule has 0 aromatic rings. The van der Waals surface area contributed by atoms with E-state index in [2.05, 4.69) is 0 Å². The molecule has 1 amide bonds. The lowest BCUT2D eigenvalue weighted by Crippen LogP contribution is -2.56. The Morgan fingerprint density at radius 3 is 2.42 bits per heavy atom. The first kappa shape index (κ1) is 15.8. The van der Waals surface area contributed by atoms with Gasteiger partial charge in [-0.3, -0.25) is 4.90 Å². The van der Waals surface area contributed by atoms with Crippen LogP contribution in [0.5, 0.6) is 0 Å². The Bertz CT molecular complexity index is 349.